The van der Waals surface area contributed by atoms with E-state index in [4.69, 9.17) is 4.74 Å². The lowest BCUT2D eigenvalue weighted by Crippen LogP contribution is -2.19. The van der Waals surface area contributed by atoms with E-state index in [0.29, 0.717) is 0 Å². The molecule has 1 unspecified atom stereocenters. The second-order valence-electron chi connectivity index (χ2n) is 5.75. The lowest BCUT2D eigenvalue weighted by Gasteiger charge is -2.21. The molecule has 2 aromatic rings. The van der Waals surface area contributed by atoms with Gasteiger partial charge in [-0.05, 0) is 69.1 Å². The molecular formula is C19H25NO. The van der Waals surface area contributed by atoms with E-state index in [0.717, 1.165) is 5.75 Å². The molecule has 2 heteroatoms. The molecule has 0 amide bonds. The minimum Gasteiger partial charge on any atom is -0.491 e. The van der Waals surface area contributed by atoms with Gasteiger partial charge in [-0.25, -0.2) is 0 Å². The van der Waals surface area contributed by atoms with Crippen LogP contribution in [0.3, 0.4) is 0 Å². The number of benzene rings is 2. The minimum absolute atomic E-state index is 0.181. The maximum atomic E-state index is 5.81. The number of rotatable bonds is 5. The summed E-state index contributed by atoms with van der Waals surface area (Å²) in [5, 5.41) is 3.43. The zero-order chi connectivity index (χ0) is 15.4. The molecule has 1 N–H and O–H groups in total. The quantitative estimate of drug-likeness (QED) is 0.878. The van der Waals surface area contributed by atoms with Crippen molar-refractivity contribution >= 4 is 0 Å². The average molecular weight is 283 g/mol. The van der Waals surface area contributed by atoms with E-state index in [1.165, 1.54) is 22.3 Å². The molecule has 112 valence electrons. The molecule has 2 nitrogen and oxygen atoms in total. The van der Waals surface area contributed by atoms with Crippen LogP contribution in [0, 0.1) is 13.8 Å². The maximum absolute atomic E-state index is 5.81. The summed E-state index contributed by atoms with van der Waals surface area (Å²) in [5.74, 6) is 0.924. The van der Waals surface area contributed by atoms with Gasteiger partial charge in [0.1, 0.15) is 5.75 Å². The van der Waals surface area contributed by atoms with Crippen LogP contribution < -0.4 is 10.1 Å². The molecule has 0 radical (unpaired) electrons. The van der Waals surface area contributed by atoms with Gasteiger partial charge in [-0.15, -0.1) is 0 Å². The van der Waals surface area contributed by atoms with Crippen LogP contribution in [-0.4, -0.2) is 13.2 Å². The molecule has 0 aliphatic rings. The fraction of sp³-hybridized carbons (Fsp3) is 0.368. The van der Waals surface area contributed by atoms with Gasteiger partial charge < -0.3 is 10.1 Å². The van der Waals surface area contributed by atoms with Crippen LogP contribution in [0.15, 0.2) is 42.5 Å². The number of hydrogen-bond acceptors (Lipinski definition) is 2. The topological polar surface area (TPSA) is 21.3 Å². The van der Waals surface area contributed by atoms with Gasteiger partial charge in [0.15, 0.2) is 0 Å². The summed E-state index contributed by atoms with van der Waals surface area (Å²) < 4.78 is 5.81. The third-order valence-corrected chi connectivity index (χ3v) is 3.81. The first-order valence-electron chi connectivity index (χ1n) is 7.53. The van der Waals surface area contributed by atoms with E-state index < -0.39 is 0 Å². The second-order valence-corrected chi connectivity index (χ2v) is 5.75. The fourth-order valence-corrected chi connectivity index (χ4v) is 2.63. The van der Waals surface area contributed by atoms with Gasteiger partial charge in [0, 0.05) is 0 Å². The Hall–Kier alpha value is -1.80. The molecule has 0 aliphatic heterocycles. The molecule has 0 heterocycles. The van der Waals surface area contributed by atoms with Gasteiger partial charge in [-0.2, -0.15) is 0 Å². The number of ether oxygens (including phenoxy) is 1. The molecular weight excluding hydrogens is 258 g/mol. The highest BCUT2D eigenvalue weighted by Crippen LogP contribution is 2.28. The monoisotopic (exact) mass is 283 g/mol. The number of aryl methyl sites for hydroxylation is 1. The van der Waals surface area contributed by atoms with Gasteiger partial charge in [-0.3, -0.25) is 0 Å². The Labute approximate surface area is 128 Å². The van der Waals surface area contributed by atoms with Gasteiger partial charge >= 0.3 is 0 Å². The highest BCUT2D eigenvalue weighted by atomic mass is 16.5. The first kappa shape index (κ1) is 15.6. The summed E-state index contributed by atoms with van der Waals surface area (Å²) in [5.41, 5.74) is 5.21. The largest absolute Gasteiger partial charge is 0.491 e. The van der Waals surface area contributed by atoms with Gasteiger partial charge in [0.2, 0.25) is 0 Å². The molecule has 0 saturated heterocycles. The highest BCUT2D eigenvalue weighted by Gasteiger charge is 2.15. The van der Waals surface area contributed by atoms with Crippen molar-refractivity contribution in [2.24, 2.45) is 0 Å². The predicted molar refractivity (Wildman–Crippen MR) is 89.0 cm³/mol. The number of hydrogen-bond donors (Lipinski definition) is 1. The smallest absolute Gasteiger partial charge is 0.120 e. The zero-order valence-corrected chi connectivity index (χ0v) is 13.6. The van der Waals surface area contributed by atoms with Crippen molar-refractivity contribution in [2.75, 3.05) is 7.05 Å². The van der Waals surface area contributed by atoms with Crippen LogP contribution in [0.25, 0.3) is 0 Å². The van der Waals surface area contributed by atoms with Crippen molar-refractivity contribution in [3.8, 4) is 5.75 Å². The molecule has 0 fully saturated rings. The molecule has 0 aromatic heterocycles. The first-order chi connectivity index (χ1) is 10.0. The van der Waals surface area contributed by atoms with Crippen LogP contribution in [0.4, 0.5) is 0 Å². The van der Waals surface area contributed by atoms with Gasteiger partial charge in [-0.1, -0.05) is 30.3 Å². The van der Waals surface area contributed by atoms with E-state index in [1.54, 1.807) is 0 Å². The van der Waals surface area contributed by atoms with Crippen molar-refractivity contribution in [1.29, 1.82) is 0 Å². The fourth-order valence-electron chi connectivity index (χ4n) is 2.63. The summed E-state index contributed by atoms with van der Waals surface area (Å²) in [6, 6.07) is 15.0. The van der Waals surface area contributed by atoms with Crippen LogP contribution in [0.5, 0.6) is 5.75 Å². The Morgan fingerprint density at radius 2 is 1.71 bits per heavy atom. The van der Waals surface area contributed by atoms with Crippen molar-refractivity contribution < 1.29 is 4.74 Å². The van der Waals surface area contributed by atoms with Gasteiger partial charge in [0.25, 0.3) is 0 Å². The second kappa shape index (κ2) is 6.77. The third kappa shape index (κ3) is 3.64. The van der Waals surface area contributed by atoms with E-state index >= 15 is 0 Å². The SMILES string of the molecule is CNC(c1cccc(OC(C)C)c1)c1cccc(C)c1C. The third-order valence-electron chi connectivity index (χ3n) is 3.81. The summed E-state index contributed by atoms with van der Waals surface area (Å²) in [6.45, 7) is 8.44. The molecule has 0 spiro atoms. The Morgan fingerprint density at radius 3 is 2.38 bits per heavy atom. The molecule has 0 aliphatic carbocycles. The number of nitrogens with one attached hydrogen (secondary N) is 1. The van der Waals surface area contributed by atoms with Crippen LogP contribution in [0.2, 0.25) is 0 Å². The standard InChI is InChI=1S/C19H25NO/c1-13(2)21-17-10-7-9-16(12-17)19(20-5)18-11-6-8-14(3)15(18)4/h6-13,19-20H,1-5H3. The van der Waals surface area contributed by atoms with Crippen molar-refractivity contribution in [2.45, 2.75) is 39.8 Å². The van der Waals surface area contributed by atoms with Crippen LogP contribution >= 0.6 is 0 Å². The molecule has 0 saturated carbocycles. The molecule has 2 rings (SSSR count). The highest BCUT2D eigenvalue weighted by molar-refractivity contribution is 5.42. The normalized spacial score (nSPS) is 12.5. The summed E-state index contributed by atoms with van der Waals surface area (Å²) in [6.07, 6.45) is 0.189. The lowest BCUT2D eigenvalue weighted by molar-refractivity contribution is 0.242. The van der Waals surface area contributed by atoms with Crippen LogP contribution in [-0.2, 0) is 0 Å². The minimum atomic E-state index is 0.181. The summed E-state index contributed by atoms with van der Waals surface area (Å²) >= 11 is 0. The molecule has 0 bridgehead atoms. The van der Waals surface area contributed by atoms with Crippen molar-refractivity contribution in [1.82, 2.24) is 5.32 Å². The summed E-state index contributed by atoms with van der Waals surface area (Å²) in [7, 11) is 2.00. The average Bonchev–Trinajstić information content (AvgIpc) is 2.44. The predicted octanol–water partition coefficient (Wildman–Crippen LogP) is 4.40. The Balaban J connectivity index is 2.39. The van der Waals surface area contributed by atoms with E-state index in [9.17, 15) is 0 Å². The molecule has 1 atom stereocenters. The zero-order valence-electron chi connectivity index (χ0n) is 13.6. The van der Waals surface area contributed by atoms with E-state index in [1.807, 2.05) is 27.0 Å². The van der Waals surface area contributed by atoms with Crippen LogP contribution in [0.1, 0.15) is 42.1 Å². The first-order valence-corrected chi connectivity index (χ1v) is 7.53. The Morgan fingerprint density at radius 1 is 1.00 bits per heavy atom. The van der Waals surface area contributed by atoms with Crippen molar-refractivity contribution in [3.63, 3.8) is 0 Å². The summed E-state index contributed by atoms with van der Waals surface area (Å²) in [4.78, 5) is 0. The lowest BCUT2D eigenvalue weighted by atomic mass is 9.93. The van der Waals surface area contributed by atoms with Crippen molar-refractivity contribution in [3.05, 3.63) is 64.7 Å². The molecule has 2 aromatic carbocycles. The van der Waals surface area contributed by atoms with E-state index in [-0.39, 0.29) is 12.1 Å². The van der Waals surface area contributed by atoms with Gasteiger partial charge in [0.05, 0.1) is 12.1 Å². The Kier molecular flexibility index (Phi) is 5.03. The molecule has 21 heavy (non-hydrogen) atoms. The maximum Gasteiger partial charge on any atom is 0.120 e. The Bertz CT molecular complexity index is 604. The van der Waals surface area contributed by atoms with E-state index in [2.05, 4.69) is 55.6 Å².